The summed E-state index contributed by atoms with van der Waals surface area (Å²) in [6.45, 7) is 10.3. The first-order chi connectivity index (χ1) is 5.68. The van der Waals surface area contributed by atoms with E-state index in [1.807, 2.05) is 6.92 Å². The van der Waals surface area contributed by atoms with Gasteiger partial charge < -0.3 is 9.84 Å². The van der Waals surface area contributed by atoms with E-state index < -0.39 is 0 Å². The molecule has 0 amide bonds. The Hall–Kier alpha value is -0.340. The number of hydrogen-bond donors (Lipinski definition) is 1. The Kier molecular flexibility index (Phi) is 15.7. The topological polar surface area (TPSA) is 29.5 Å². The fourth-order valence-corrected chi connectivity index (χ4v) is 0.500. The predicted molar refractivity (Wildman–Crippen MR) is 53.3 cm³/mol. The van der Waals surface area contributed by atoms with Gasteiger partial charge in [-0.2, -0.15) is 0 Å². The molecule has 0 saturated heterocycles. The predicted octanol–water partition coefficient (Wildman–Crippen LogP) is 2.38. The van der Waals surface area contributed by atoms with E-state index in [0.29, 0.717) is 6.61 Å². The minimum absolute atomic E-state index is 0.318. The molecule has 0 rings (SSSR count). The van der Waals surface area contributed by atoms with Crippen LogP contribution >= 0.6 is 0 Å². The van der Waals surface area contributed by atoms with Crippen LogP contribution in [0.3, 0.4) is 0 Å². The second-order valence-electron chi connectivity index (χ2n) is 2.69. The fraction of sp³-hybridized carbons (Fsp3) is 0.800. The second-order valence-corrected chi connectivity index (χ2v) is 2.69. The molecule has 0 heterocycles. The van der Waals surface area contributed by atoms with Gasteiger partial charge in [0, 0.05) is 6.61 Å². The number of unbranched alkanes of at least 4 members (excludes halogenated alkanes) is 1. The summed E-state index contributed by atoms with van der Waals surface area (Å²) in [5, 5.41) is 8.73. The highest BCUT2D eigenvalue weighted by atomic mass is 16.5. The lowest BCUT2D eigenvalue weighted by atomic mass is 10.4. The summed E-state index contributed by atoms with van der Waals surface area (Å²) in [7, 11) is 0. The molecule has 0 saturated carbocycles. The van der Waals surface area contributed by atoms with Crippen molar-refractivity contribution in [2.75, 3.05) is 13.2 Å². The van der Waals surface area contributed by atoms with Crippen molar-refractivity contribution < 1.29 is 9.84 Å². The molecule has 1 unspecified atom stereocenters. The molecule has 0 spiro atoms. The molecule has 1 atom stereocenters. The van der Waals surface area contributed by atoms with Gasteiger partial charge in [-0.15, -0.1) is 6.58 Å². The van der Waals surface area contributed by atoms with Gasteiger partial charge in [0.25, 0.3) is 0 Å². The number of rotatable bonds is 5. The van der Waals surface area contributed by atoms with Crippen molar-refractivity contribution in [2.45, 2.75) is 39.7 Å². The van der Waals surface area contributed by atoms with Crippen LogP contribution in [0.15, 0.2) is 12.7 Å². The Morgan fingerprint density at radius 3 is 2.42 bits per heavy atom. The zero-order valence-corrected chi connectivity index (χ0v) is 8.55. The Bertz CT molecular complexity index is 79.9. The third-order valence-electron chi connectivity index (χ3n) is 1.00. The van der Waals surface area contributed by atoms with Gasteiger partial charge in [0.15, 0.2) is 0 Å². The molecule has 0 bridgehead atoms. The van der Waals surface area contributed by atoms with Gasteiger partial charge in [0.2, 0.25) is 0 Å². The number of ether oxygens (including phenoxy) is 1. The summed E-state index contributed by atoms with van der Waals surface area (Å²) in [6, 6.07) is 0. The van der Waals surface area contributed by atoms with Crippen molar-refractivity contribution in [2.24, 2.45) is 0 Å². The number of aliphatic hydroxyl groups excluding tert-OH is 1. The molecule has 0 radical (unpaired) electrons. The van der Waals surface area contributed by atoms with Crippen LogP contribution in [0.5, 0.6) is 0 Å². The van der Waals surface area contributed by atoms with E-state index in [-0.39, 0.29) is 6.10 Å². The number of allylic oxidation sites excluding steroid dienone is 1. The number of aliphatic hydroxyl groups is 1. The van der Waals surface area contributed by atoms with Gasteiger partial charge >= 0.3 is 0 Å². The van der Waals surface area contributed by atoms with Crippen molar-refractivity contribution in [1.82, 2.24) is 0 Å². The highest BCUT2D eigenvalue weighted by Crippen LogP contribution is 1.89. The highest BCUT2D eigenvalue weighted by Gasteiger charge is 1.92. The first-order valence-corrected chi connectivity index (χ1v) is 4.51. The van der Waals surface area contributed by atoms with Gasteiger partial charge in [0.1, 0.15) is 0 Å². The molecule has 1 N–H and O–H groups in total. The fourth-order valence-electron chi connectivity index (χ4n) is 0.500. The summed E-state index contributed by atoms with van der Waals surface area (Å²) >= 11 is 0. The molecular formula is C10H22O2. The lowest BCUT2D eigenvalue weighted by molar-refractivity contribution is 0.0450. The summed E-state index contributed by atoms with van der Waals surface area (Å²) in [6.07, 6.45) is 3.67. The van der Waals surface area contributed by atoms with Crippen LogP contribution < -0.4 is 0 Å². The number of hydrogen-bond acceptors (Lipinski definition) is 2. The molecular weight excluding hydrogens is 152 g/mol. The van der Waals surface area contributed by atoms with Gasteiger partial charge in [-0.1, -0.05) is 19.4 Å². The van der Waals surface area contributed by atoms with E-state index in [2.05, 4.69) is 13.5 Å². The molecule has 74 valence electrons. The van der Waals surface area contributed by atoms with Crippen molar-refractivity contribution in [1.29, 1.82) is 0 Å². The van der Waals surface area contributed by atoms with E-state index in [0.717, 1.165) is 19.4 Å². The van der Waals surface area contributed by atoms with E-state index in [1.54, 1.807) is 13.0 Å². The van der Waals surface area contributed by atoms with Gasteiger partial charge in [0.05, 0.1) is 12.7 Å². The highest BCUT2D eigenvalue weighted by molar-refractivity contribution is 4.51. The maximum Gasteiger partial charge on any atom is 0.0745 e. The van der Waals surface area contributed by atoms with E-state index >= 15 is 0 Å². The largest absolute Gasteiger partial charge is 0.391 e. The smallest absolute Gasteiger partial charge is 0.0745 e. The second kappa shape index (κ2) is 13.3. The third kappa shape index (κ3) is 22.6. The molecule has 2 nitrogen and oxygen atoms in total. The monoisotopic (exact) mass is 174 g/mol. The standard InChI is InChI=1S/C7H16O2.C3H6/c1-3-4-5-9-6-7(2)8;1-3-2/h7-8H,3-6H2,1-2H3;3H,1H2,2H3. The quantitative estimate of drug-likeness (QED) is 0.512. The third-order valence-corrected chi connectivity index (χ3v) is 1.00. The van der Waals surface area contributed by atoms with Crippen molar-refractivity contribution in [3.05, 3.63) is 12.7 Å². The molecule has 0 aliphatic rings. The molecule has 0 aliphatic carbocycles. The summed E-state index contributed by atoms with van der Waals surface area (Å²) in [4.78, 5) is 0. The summed E-state index contributed by atoms with van der Waals surface area (Å²) < 4.78 is 5.09. The van der Waals surface area contributed by atoms with E-state index in [9.17, 15) is 0 Å². The Morgan fingerprint density at radius 2 is 2.08 bits per heavy atom. The average molecular weight is 174 g/mol. The molecule has 0 aromatic rings. The van der Waals surface area contributed by atoms with Crippen LogP contribution in [0, 0.1) is 0 Å². The molecule has 0 fully saturated rings. The Morgan fingerprint density at radius 1 is 1.58 bits per heavy atom. The Labute approximate surface area is 76.2 Å². The maximum absolute atomic E-state index is 8.73. The van der Waals surface area contributed by atoms with Crippen LogP contribution in [0.2, 0.25) is 0 Å². The van der Waals surface area contributed by atoms with E-state index in [1.165, 1.54) is 0 Å². The first kappa shape index (κ1) is 14.2. The lowest BCUT2D eigenvalue weighted by Crippen LogP contribution is -2.10. The first-order valence-electron chi connectivity index (χ1n) is 4.51. The SMILES string of the molecule is C=CC.CCCCOCC(C)O. The summed E-state index contributed by atoms with van der Waals surface area (Å²) in [5.74, 6) is 0. The zero-order valence-electron chi connectivity index (χ0n) is 8.55. The van der Waals surface area contributed by atoms with Crippen molar-refractivity contribution >= 4 is 0 Å². The van der Waals surface area contributed by atoms with Gasteiger partial charge in [-0.3, -0.25) is 0 Å². The van der Waals surface area contributed by atoms with Crippen LogP contribution in [0.25, 0.3) is 0 Å². The zero-order chi connectivity index (χ0) is 9.82. The molecule has 12 heavy (non-hydrogen) atoms. The normalized spacial score (nSPS) is 11.3. The van der Waals surface area contributed by atoms with Crippen molar-refractivity contribution in [3.8, 4) is 0 Å². The van der Waals surface area contributed by atoms with E-state index in [4.69, 9.17) is 9.84 Å². The lowest BCUT2D eigenvalue weighted by Gasteiger charge is -2.03. The summed E-state index contributed by atoms with van der Waals surface area (Å²) in [5.41, 5.74) is 0. The van der Waals surface area contributed by atoms with Gasteiger partial charge in [-0.05, 0) is 20.3 Å². The van der Waals surface area contributed by atoms with Crippen LogP contribution in [-0.2, 0) is 4.74 Å². The molecule has 0 aliphatic heterocycles. The van der Waals surface area contributed by atoms with Crippen LogP contribution in [0.4, 0.5) is 0 Å². The van der Waals surface area contributed by atoms with Crippen LogP contribution in [0.1, 0.15) is 33.6 Å². The minimum atomic E-state index is -0.318. The Balaban J connectivity index is 0. The molecule has 0 aromatic carbocycles. The molecule has 2 heteroatoms. The molecule has 0 aromatic heterocycles. The minimum Gasteiger partial charge on any atom is -0.391 e. The average Bonchev–Trinajstić information content (AvgIpc) is 1.99. The van der Waals surface area contributed by atoms with Crippen molar-refractivity contribution in [3.63, 3.8) is 0 Å². The van der Waals surface area contributed by atoms with Crippen LogP contribution in [-0.4, -0.2) is 24.4 Å². The van der Waals surface area contributed by atoms with Gasteiger partial charge in [-0.25, -0.2) is 0 Å². The maximum atomic E-state index is 8.73.